The Hall–Kier alpha value is -2.68. The van der Waals surface area contributed by atoms with Crippen molar-refractivity contribution in [2.45, 2.75) is 32.6 Å². The third-order valence-corrected chi connectivity index (χ3v) is 5.78. The molecule has 2 aromatic carbocycles. The Bertz CT molecular complexity index is 1070. The van der Waals surface area contributed by atoms with E-state index < -0.39 is 17.2 Å². The van der Waals surface area contributed by atoms with E-state index in [1.54, 1.807) is 47.3 Å². The number of carbonyl (C=O) groups excluding carboxylic acids is 1. The first-order chi connectivity index (χ1) is 14.9. The summed E-state index contributed by atoms with van der Waals surface area (Å²) in [5, 5.41) is 4.87. The van der Waals surface area contributed by atoms with Crippen molar-refractivity contribution in [3.05, 3.63) is 71.0 Å². The van der Waals surface area contributed by atoms with Gasteiger partial charge < -0.3 is 4.74 Å². The van der Waals surface area contributed by atoms with Crippen LogP contribution in [0.15, 0.2) is 54.9 Å². The lowest BCUT2D eigenvalue weighted by Crippen LogP contribution is -2.22. The molecule has 1 atom stereocenters. The summed E-state index contributed by atoms with van der Waals surface area (Å²) in [6, 6.07) is 12.3. The minimum Gasteiger partial charge on any atom is -0.465 e. The summed E-state index contributed by atoms with van der Waals surface area (Å²) >= 11 is 3.49. The third-order valence-electron chi connectivity index (χ3n) is 4.80. The zero-order valence-electron chi connectivity index (χ0n) is 17.3. The number of halogens is 1. The minimum atomic E-state index is -2.44. The smallest absolute Gasteiger partial charge is 0.340 e. The molecule has 164 valence electrons. The van der Waals surface area contributed by atoms with Crippen LogP contribution in [0, 0.1) is 0 Å². The van der Waals surface area contributed by atoms with Crippen molar-refractivity contribution < 1.29 is 18.3 Å². The molecule has 1 aromatic heterocycles. The van der Waals surface area contributed by atoms with E-state index in [2.05, 4.69) is 12.0 Å². The average molecular weight is 462 g/mol. The van der Waals surface area contributed by atoms with Gasteiger partial charge in [-0.05, 0) is 54.8 Å². The number of nitrogens with zero attached hydrogens (tertiary/aromatic N) is 3. The van der Waals surface area contributed by atoms with E-state index >= 15 is 0 Å². The summed E-state index contributed by atoms with van der Waals surface area (Å²) in [7, 11) is 1.29. The number of hydrogen-bond donors (Lipinski definition) is 1. The molecule has 0 fully saturated rings. The van der Waals surface area contributed by atoms with Crippen LogP contribution in [0.25, 0.3) is 5.69 Å². The number of benzene rings is 2. The molecule has 0 spiro atoms. The fourth-order valence-electron chi connectivity index (χ4n) is 3.23. The second-order valence-electron chi connectivity index (χ2n) is 6.94. The van der Waals surface area contributed by atoms with Gasteiger partial charge in [-0.25, -0.2) is 18.0 Å². The first kappa shape index (κ1) is 23.0. The number of esters is 1. The van der Waals surface area contributed by atoms with Gasteiger partial charge in [0.05, 0.1) is 42.1 Å². The quantitative estimate of drug-likeness (QED) is 0.265. The van der Waals surface area contributed by atoms with Crippen LogP contribution >= 0.6 is 11.6 Å². The van der Waals surface area contributed by atoms with Crippen molar-refractivity contribution in [3.8, 4) is 5.69 Å². The molecular weight excluding hydrogens is 438 g/mol. The van der Waals surface area contributed by atoms with Crippen molar-refractivity contribution in [1.82, 2.24) is 9.78 Å². The molecule has 9 heteroatoms. The van der Waals surface area contributed by atoms with Gasteiger partial charge in [0.2, 0.25) is 0 Å². The maximum Gasteiger partial charge on any atom is 0.340 e. The van der Waals surface area contributed by atoms with Crippen LogP contribution in [-0.2, 0) is 22.4 Å². The van der Waals surface area contributed by atoms with E-state index in [-0.39, 0.29) is 11.3 Å². The molecule has 7 nitrogen and oxygen atoms in total. The molecule has 0 aliphatic carbocycles. The molecule has 31 heavy (non-hydrogen) atoms. The van der Waals surface area contributed by atoms with Gasteiger partial charge in [-0.1, -0.05) is 37.4 Å². The van der Waals surface area contributed by atoms with E-state index in [1.165, 1.54) is 13.3 Å². The van der Waals surface area contributed by atoms with Crippen LogP contribution in [0.4, 0.5) is 11.4 Å². The Morgan fingerprint density at radius 3 is 2.61 bits per heavy atom. The van der Waals surface area contributed by atoms with E-state index in [9.17, 15) is 13.6 Å². The van der Waals surface area contributed by atoms with Gasteiger partial charge in [0, 0.05) is 5.02 Å². The van der Waals surface area contributed by atoms with Gasteiger partial charge in [0.25, 0.3) is 11.3 Å². The number of anilines is 2. The minimum absolute atomic E-state index is 0.221. The Balaban J connectivity index is 2.00. The number of methoxy groups -OCH3 is 1. The highest BCUT2D eigenvalue weighted by Crippen LogP contribution is 2.32. The van der Waals surface area contributed by atoms with Crippen LogP contribution in [0.3, 0.4) is 0 Å². The molecule has 1 unspecified atom stereocenters. The van der Waals surface area contributed by atoms with Gasteiger partial charge in [-0.15, -0.1) is 0 Å². The molecule has 0 aliphatic heterocycles. The zero-order valence-corrected chi connectivity index (χ0v) is 18.9. The maximum absolute atomic E-state index is 12.5. The number of aromatic nitrogens is 2. The lowest BCUT2D eigenvalue weighted by Gasteiger charge is -2.21. The summed E-state index contributed by atoms with van der Waals surface area (Å²) in [4.78, 5) is 12.5. The molecule has 1 heterocycles. The Kier molecular flexibility index (Phi) is 7.84. The van der Waals surface area contributed by atoms with Gasteiger partial charge in [-0.3, -0.25) is 4.55 Å². The second-order valence-corrected chi connectivity index (χ2v) is 8.21. The normalized spacial score (nSPS) is 11.9. The number of carbonyl (C=O) groups is 1. The van der Waals surface area contributed by atoms with Gasteiger partial charge in [0.15, 0.2) is 0 Å². The Labute approximate surface area is 189 Å². The van der Waals surface area contributed by atoms with Crippen LogP contribution < -0.4 is 4.31 Å². The predicted molar refractivity (Wildman–Crippen MR) is 122 cm³/mol. The standard InChI is InChI=1S/C22H24ClN3O4S/c1-3-4-5-6-16-7-12-21(20(13-16)22(27)30-2)26(31(28)29)19-14-24-25(15-19)18-10-8-17(23)9-11-18/h7-15H,3-6H2,1-2H3,(H,28,29). The summed E-state index contributed by atoms with van der Waals surface area (Å²) in [6.07, 6.45) is 7.06. The fourth-order valence-corrected chi connectivity index (χ4v) is 3.96. The fraction of sp³-hybridized carbons (Fsp3) is 0.273. The lowest BCUT2D eigenvalue weighted by molar-refractivity contribution is 0.0601. The molecule has 0 aliphatic rings. The number of ether oxygens (including phenoxy) is 1. The van der Waals surface area contributed by atoms with E-state index in [0.717, 1.165) is 41.2 Å². The largest absolute Gasteiger partial charge is 0.465 e. The highest BCUT2D eigenvalue weighted by atomic mass is 35.5. The second kappa shape index (κ2) is 10.6. The molecule has 0 radical (unpaired) electrons. The molecule has 3 rings (SSSR count). The zero-order chi connectivity index (χ0) is 22.4. The molecule has 0 saturated carbocycles. The summed E-state index contributed by atoms with van der Waals surface area (Å²) in [6.45, 7) is 2.13. The average Bonchev–Trinajstić information content (AvgIpc) is 3.24. The highest BCUT2D eigenvalue weighted by molar-refractivity contribution is 7.81. The molecule has 0 saturated heterocycles. The molecule has 1 N–H and O–H groups in total. The van der Waals surface area contributed by atoms with Crippen molar-refractivity contribution in [2.24, 2.45) is 0 Å². The SMILES string of the molecule is CCCCCc1ccc(N(c2cnn(-c3ccc(Cl)cc3)c2)S(=O)O)c(C(=O)OC)c1. The van der Waals surface area contributed by atoms with Crippen molar-refractivity contribution in [2.75, 3.05) is 11.4 Å². The van der Waals surface area contributed by atoms with Crippen molar-refractivity contribution in [1.29, 1.82) is 0 Å². The number of rotatable bonds is 9. The number of unbranched alkanes of at least 4 members (excludes halogenated alkanes) is 2. The van der Waals surface area contributed by atoms with Crippen molar-refractivity contribution >= 4 is 40.2 Å². The molecule has 3 aromatic rings. The van der Waals surface area contributed by atoms with Crippen LogP contribution in [-0.4, -0.2) is 31.6 Å². The molecule has 0 bridgehead atoms. The van der Waals surface area contributed by atoms with Crippen LogP contribution in [0.5, 0.6) is 0 Å². The van der Waals surface area contributed by atoms with E-state index in [4.69, 9.17) is 16.3 Å². The lowest BCUT2D eigenvalue weighted by atomic mass is 10.0. The monoisotopic (exact) mass is 461 g/mol. The molecule has 0 amide bonds. The highest BCUT2D eigenvalue weighted by Gasteiger charge is 2.24. The Morgan fingerprint density at radius 2 is 1.97 bits per heavy atom. The van der Waals surface area contributed by atoms with Gasteiger partial charge >= 0.3 is 5.97 Å². The molecular formula is C22H24ClN3O4S. The topological polar surface area (TPSA) is 84.7 Å². The van der Waals surface area contributed by atoms with Crippen LogP contribution in [0.1, 0.15) is 42.1 Å². The Morgan fingerprint density at radius 1 is 1.23 bits per heavy atom. The number of aryl methyl sites for hydroxylation is 1. The van der Waals surface area contributed by atoms with Gasteiger partial charge in [0.1, 0.15) is 0 Å². The van der Waals surface area contributed by atoms with E-state index in [0.29, 0.717) is 10.7 Å². The van der Waals surface area contributed by atoms with Gasteiger partial charge in [-0.2, -0.15) is 5.10 Å². The summed E-state index contributed by atoms with van der Waals surface area (Å²) < 4.78 is 30.0. The third kappa shape index (κ3) is 5.52. The maximum atomic E-state index is 12.5. The van der Waals surface area contributed by atoms with Crippen LogP contribution in [0.2, 0.25) is 5.02 Å². The first-order valence-corrected chi connectivity index (χ1v) is 11.3. The summed E-state index contributed by atoms with van der Waals surface area (Å²) in [5.41, 5.74) is 2.54. The number of hydrogen-bond acceptors (Lipinski definition) is 4. The van der Waals surface area contributed by atoms with E-state index in [1.807, 2.05) is 6.07 Å². The predicted octanol–water partition coefficient (Wildman–Crippen LogP) is 5.32. The van der Waals surface area contributed by atoms with Crippen molar-refractivity contribution in [3.63, 3.8) is 0 Å². The first-order valence-electron chi connectivity index (χ1n) is 9.87. The summed E-state index contributed by atoms with van der Waals surface area (Å²) in [5.74, 6) is -0.576.